The highest BCUT2D eigenvalue weighted by atomic mass is 35.5. The lowest BCUT2D eigenvalue weighted by Gasteiger charge is -2.01. The van der Waals surface area contributed by atoms with Gasteiger partial charge in [-0.05, 0) is 23.8 Å². The minimum Gasteiger partial charge on any atom is -0.478 e. The molecule has 2 aromatic rings. The maximum Gasteiger partial charge on any atom is 0.335 e. The molecule has 1 aromatic heterocycles. The summed E-state index contributed by atoms with van der Waals surface area (Å²) in [4.78, 5) is 10.9. The first-order chi connectivity index (χ1) is 7.56. The van der Waals surface area contributed by atoms with Crippen LogP contribution in [0.5, 0.6) is 0 Å². The van der Waals surface area contributed by atoms with Crippen LogP contribution in [0.3, 0.4) is 0 Å². The van der Waals surface area contributed by atoms with E-state index in [0.717, 1.165) is 11.1 Å². The predicted octanol–water partition coefficient (Wildman–Crippen LogP) is 2.44. The van der Waals surface area contributed by atoms with E-state index in [1.54, 1.807) is 36.3 Å². The van der Waals surface area contributed by atoms with Gasteiger partial charge in [0.1, 0.15) is 0 Å². The van der Waals surface area contributed by atoms with Crippen LogP contribution in [0.25, 0.3) is 11.1 Å². The second kappa shape index (κ2) is 3.98. The van der Waals surface area contributed by atoms with E-state index in [4.69, 9.17) is 16.7 Å². The molecule has 0 aliphatic heterocycles. The quantitative estimate of drug-likeness (QED) is 0.871. The fraction of sp³-hybridized carbons (Fsp3) is 0.0909. The Hall–Kier alpha value is -1.81. The first kappa shape index (κ1) is 10.7. The van der Waals surface area contributed by atoms with Crippen LogP contribution in [-0.4, -0.2) is 20.9 Å². The normalized spacial score (nSPS) is 10.4. The summed E-state index contributed by atoms with van der Waals surface area (Å²) >= 11 is 5.86. The van der Waals surface area contributed by atoms with Gasteiger partial charge in [-0.25, -0.2) is 4.79 Å². The molecule has 0 aliphatic carbocycles. The smallest absolute Gasteiger partial charge is 0.335 e. The summed E-state index contributed by atoms with van der Waals surface area (Å²) in [5, 5.41) is 13.3. The van der Waals surface area contributed by atoms with E-state index in [1.807, 2.05) is 0 Å². The van der Waals surface area contributed by atoms with E-state index in [1.165, 1.54) is 6.07 Å². The number of aromatic nitrogens is 2. The third kappa shape index (κ3) is 2.06. The van der Waals surface area contributed by atoms with Crippen LogP contribution in [0.1, 0.15) is 10.4 Å². The average molecular weight is 237 g/mol. The van der Waals surface area contributed by atoms with Gasteiger partial charge in [0.25, 0.3) is 0 Å². The molecule has 16 heavy (non-hydrogen) atoms. The fourth-order valence-electron chi connectivity index (χ4n) is 1.45. The number of hydrogen-bond acceptors (Lipinski definition) is 2. The van der Waals surface area contributed by atoms with Gasteiger partial charge in [-0.3, -0.25) is 4.68 Å². The maximum absolute atomic E-state index is 10.9. The number of aryl methyl sites for hydroxylation is 1. The molecule has 0 radical (unpaired) electrons. The SMILES string of the molecule is Cn1cc(-c2cc(Cl)cc(C(=O)O)c2)cn1. The topological polar surface area (TPSA) is 55.1 Å². The van der Waals surface area contributed by atoms with E-state index in [2.05, 4.69) is 5.10 Å². The summed E-state index contributed by atoms with van der Waals surface area (Å²) in [6.07, 6.45) is 3.47. The highest BCUT2D eigenvalue weighted by Gasteiger charge is 2.08. The number of carboxylic acids is 1. The number of hydrogen-bond donors (Lipinski definition) is 1. The molecule has 0 spiro atoms. The van der Waals surface area contributed by atoms with Gasteiger partial charge in [-0.2, -0.15) is 5.10 Å². The number of rotatable bonds is 2. The lowest BCUT2D eigenvalue weighted by Crippen LogP contribution is -1.96. The fourth-order valence-corrected chi connectivity index (χ4v) is 1.69. The standard InChI is InChI=1S/C11H9ClN2O2/c1-14-6-9(5-13-14)7-2-8(11(15)16)4-10(12)3-7/h2-6H,1H3,(H,15,16). The van der Waals surface area contributed by atoms with Crippen molar-refractivity contribution in [2.24, 2.45) is 7.05 Å². The molecule has 1 N–H and O–H groups in total. The van der Waals surface area contributed by atoms with Crippen LogP contribution in [0.2, 0.25) is 5.02 Å². The van der Waals surface area contributed by atoms with Crippen molar-refractivity contribution >= 4 is 17.6 Å². The Morgan fingerprint density at radius 3 is 2.69 bits per heavy atom. The summed E-state index contributed by atoms with van der Waals surface area (Å²) in [7, 11) is 1.80. The van der Waals surface area contributed by atoms with Crippen molar-refractivity contribution in [3.8, 4) is 11.1 Å². The van der Waals surface area contributed by atoms with Crippen molar-refractivity contribution in [3.63, 3.8) is 0 Å². The van der Waals surface area contributed by atoms with Crippen LogP contribution < -0.4 is 0 Å². The monoisotopic (exact) mass is 236 g/mol. The van der Waals surface area contributed by atoms with Crippen LogP contribution in [0, 0.1) is 0 Å². The second-order valence-electron chi connectivity index (χ2n) is 3.44. The highest BCUT2D eigenvalue weighted by Crippen LogP contribution is 2.24. The lowest BCUT2D eigenvalue weighted by molar-refractivity contribution is 0.0697. The zero-order valence-electron chi connectivity index (χ0n) is 8.51. The van der Waals surface area contributed by atoms with Gasteiger partial charge in [0.15, 0.2) is 0 Å². The molecule has 5 heteroatoms. The molecule has 0 saturated heterocycles. The summed E-state index contributed by atoms with van der Waals surface area (Å²) < 4.78 is 1.65. The van der Waals surface area contributed by atoms with Gasteiger partial charge < -0.3 is 5.11 Å². The zero-order chi connectivity index (χ0) is 11.7. The minimum absolute atomic E-state index is 0.173. The molecule has 0 fully saturated rings. The van der Waals surface area contributed by atoms with Gasteiger partial charge >= 0.3 is 5.97 Å². The molecule has 1 heterocycles. The molecule has 2 rings (SSSR count). The zero-order valence-corrected chi connectivity index (χ0v) is 9.27. The first-order valence-electron chi connectivity index (χ1n) is 4.59. The van der Waals surface area contributed by atoms with E-state index < -0.39 is 5.97 Å². The molecule has 1 aromatic carbocycles. The molecule has 0 aliphatic rings. The molecule has 0 unspecified atom stereocenters. The Labute approximate surface area is 97.1 Å². The number of halogens is 1. The third-order valence-electron chi connectivity index (χ3n) is 2.18. The Kier molecular flexibility index (Phi) is 2.66. The second-order valence-corrected chi connectivity index (χ2v) is 3.87. The van der Waals surface area contributed by atoms with Crippen molar-refractivity contribution in [1.29, 1.82) is 0 Å². The largest absolute Gasteiger partial charge is 0.478 e. The number of carboxylic acid groups (broad SMARTS) is 1. The maximum atomic E-state index is 10.9. The first-order valence-corrected chi connectivity index (χ1v) is 4.97. The number of carbonyl (C=O) groups is 1. The van der Waals surface area contributed by atoms with Gasteiger partial charge in [-0.1, -0.05) is 11.6 Å². The summed E-state index contributed by atoms with van der Waals surface area (Å²) in [5.41, 5.74) is 1.76. The molecule has 0 saturated carbocycles. The third-order valence-corrected chi connectivity index (χ3v) is 2.40. The molecule has 4 nitrogen and oxygen atoms in total. The molecule has 0 atom stereocenters. The Morgan fingerprint density at radius 1 is 1.38 bits per heavy atom. The van der Waals surface area contributed by atoms with Crippen LogP contribution in [0.15, 0.2) is 30.6 Å². The van der Waals surface area contributed by atoms with Crippen LogP contribution >= 0.6 is 11.6 Å². The van der Waals surface area contributed by atoms with Gasteiger partial charge in [0.05, 0.1) is 11.8 Å². The van der Waals surface area contributed by atoms with Crippen LogP contribution in [0.4, 0.5) is 0 Å². The summed E-state index contributed by atoms with van der Waals surface area (Å²) in [6.45, 7) is 0. The Balaban J connectivity index is 2.53. The van der Waals surface area contributed by atoms with Crippen molar-refractivity contribution < 1.29 is 9.90 Å². The van der Waals surface area contributed by atoms with Crippen molar-refractivity contribution in [3.05, 3.63) is 41.2 Å². The number of nitrogens with zero attached hydrogens (tertiary/aromatic N) is 2. The van der Waals surface area contributed by atoms with E-state index >= 15 is 0 Å². The van der Waals surface area contributed by atoms with E-state index in [0.29, 0.717) is 5.02 Å². The summed E-state index contributed by atoms with van der Waals surface area (Å²) in [5.74, 6) is -0.993. The predicted molar refractivity (Wildman–Crippen MR) is 60.6 cm³/mol. The summed E-state index contributed by atoms with van der Waals surface area (Å²) in [6, 6.07) is 4.71. The van der Waals surface area contributed by atoms with E-state index in [9.17, 15) is 4.79 Å². The van der Waals surface area contributed by atoms with Crippen molar-refractivity contribution in [2.75, 3.05) is 0 Å². The molecule has 0 bridgehead atoms. The Morgan fingerprint density at radius 2 is 2.12 bits per heavy atom. The minimum atomic E-state index is -0.993. The van der Waals surface area contributed by atoms with Crippen molar-refractivity contribution in [1.82, 2.24) is 9.78 Å². The van der Waals surface area contributed by atoms with Gasteiger partial charge in [-0.15, -0.1) is 0 Å². The molecule has 82 valence electrons. The molecule has 0 amide bonds. The van der Waals surface area contributed by atoms with Gasteiger partial charge in [0.2, 0.25) is 0 Å². The number of benzene rings is 1. The molecular formula is C11H9ClN2O2. The van der Waals surface area contributed by atoms with Crippen molar-refractivity contribution in [2.45, 2.75) is 0 Å². The van der Waals surface area contributed by atoms with Gasteiger partial charge in [0, 0.05) is 23.8 Å². The Bertz CT molecular complexity index is 549. The lowest BCUT2D eigenvalue weighted by atomic mass is 10.1. The average Bonchev–Trinajstić information content (AvgIpc) is 2.64. The number of aromatic carboxylic acids is 1. The molecular weight excluding hydrogens is 228 g/mol. The van der Waals surface area contributed by atoms with E-state index in [-0.39, 0.29) is 5.56 Å². The van der Waals surface area contributed by atoms with Crippen LogP contribution in [-0.2, 0) is 7.05 Å². The highest BCUT2D eigenvalue weighted by molar-refractivity contribution is 6.31.